The number of H-pyrrole nitrogens is 1. The maximum absolute atomic E-state index is 12.6. The lowest BCUT2D eigenvalue weighted by molar-refractivity contribution is 0.0580. The standard InChI is InChI=1S/C8H6F2INO3/c1-15-8(14)6-5(7(9)10)3(11)2-4(13)12-6/h2,7H,1H3,(H,12,13). The van der Waals surface area contributed by atoms with Gasteiger partial charge in [0.1, 0.15) is 5.69 Å². The van der Waals surface area contributed by atoms with Gasteiger partial charge in [-0.05, 0) is 22.6 Å². The van der Waals surface area contributed by atoms with Crippen molar-refractivity contribution in [3.05, 3.63) is 31.2 Å². The maximum atomic E-state index is 12.6. The van der Waals surface area contributed by atoms with Crippen LogP contribution in [0.4, 0.5) is 8.78 Å². The van der Waals surface area contributed by atoms with Crippen molar-refractivity contribution in [3.63, 3.8) is 0 Å². The van der Waals surface area contributed by atoms with Crippen LogP contribution in [0.1, 0.15) is 22.5 Å². The minimum atomic E-state index is -2.84. The van der Waals surface area contributed by atoms with Gasteiger partial charge in [0.25, 0.3) is 6.43 Å². The molecule has 1 N–H and O–H groups in total. The molecule has 0 bridgehead atoms. The average molecular weight is 329 g/mol. The Morgan fingerprint density at radius 3 is 2.67 bits per heavy atom. The van der Waals surface area contributed by atoms with E-state index in [-0.39, 0.29) is 3.57 Å². The Bertz CT molecular complexity index is 444. The van der Waals surface area contributed by atoms with Gasteiger partial charge >= 0.3 is 5.97 Å². The molecular formula is C8H6F2INO3. The molecule has 7 heteroatoms. The highest BCUT2D eigenvalue weighted by Gasteiger charge is 2.23. The number of pyridine rings is 1. The van der Waals surface area contributed by atoms with Crippen molar-refractivity contribution in [1.29, 1.82) is 0 Å². The van der Waals surface area contributed by atoms with Crippen LogP contribution in [-0.2, 0) is 4.74 Å². The quantitative estimate of drug-likeness (QED) is 0.664. The third-order valence-electron chi connectivity index (χ3n) is 1.64. The van der Waals surface area contributed by atoms with Crippen LogP contribution in [0.15, 0.2) is 10.9 Å². The molecular weight excluding hydrogens is 323 g/mol. The number of halogens is 3. The zero-order valence-corrected chi connectivity index (χ0v) is 9.67. The Morgan fingerprint density at radius 1 is 1.60 bits per heavy atom. The molecule has 1 aromatic rings. The molecule has 0 atom stereocenters. The molecule has 0 saturated heterocycles. The number of esters is 1. The third kappa shape index (κ3) is 2.52. The molecule has 15 heavy (non-hydrogen) atoms. The highest BCUT2D eigenvalue weighted by Crippen LogP contribution is 2.26. The number of rotatable bonds is 2. The van der Waals surface area contributed by atoms with Gasteiger partial charge in [-0.25, -0.2) is 13.6 Å². The summed E-state index contributed by atoms with van der Waals surface area (Å²) in [5.41, 5.74) is -1.63. The molecule has 82 valence electrons. The SMILES string of the molecule is COC(=O)c1[nH]c(=O)cc(I)c1C(F)F. The first kappa shape index (κ1) is 12.1. The number of methoxy groups -OCH3 is 1. The number of ether oxygens (including phenoxy) is 1. The molecule has 0 unspecified atom stereocenters. The van der Waals surface area contributed by atoms with Crippen molar-refractivity contribution < 1.29 is 18.3 Å². The molecule has 0 amide bonds. The van der Waals surface area contributed by atoms with Gasteiger partial charge in [-0.2, -0.15) is 0 Å². The first-order valence-electron chi connectivity index (χ1n) is 3.76. The lowest BCUT2D eigenvalue weighted by atomic mass is 10.2. The van der Waals surface area contributed by atoms with E-state index < -0.39 is 29.2 Å². The Labute approximate surface area is 96.8 Å². The number of carbonyl (C=O) groups is 1. The van der Waals surface area contributed by atoms with E-state index in [1.54, 1.807) is 22.6 Å². The molecule has 0 aliphatic carbocycles. The lowest BCUT2D eigenvalue weighted by Gasteiger charge is -2.08. The summed E-state index contributed by atoms with van der Waals surface area (Å²) in [5, 5.41) is 0. The van der Waals surface area contributed by atoms with Crippen molar-refractivity contribution >= 4 is 28.6 Å². The van der Waals surface area contributed by atoms with E-state index in [1.807, 2.05) is 4.98 Å². The van der Waals surface area contributed by atoms with Gasteiger partial charge in [0.2, 0.25) is 5.56 Å². The van der Waals surface area contributed by atoms with Crippen molar-refractivity contribution in [3.8, 4) is 0 Å². The number of hydrogen-bond acceptors (Lipinski definition) is 3. The molecule has 0 aromatic carbocycles. The molecule has 1 heterocycles. The van der Waals surface area contributed by atoms with Crippen LogP contribution in [0, 0.1) is 3.57 Å². The van der Waals surface area contributed by atoms with Crippen LogP contribution >= 0.6 is 22.6 Å². The van der Waals surface area contributed by atoms with E-state index >= 15 is 0 Å². The second kappa shape index (κ2) is 4.69. The topological polar surface area (TPSA) is 59.2 Å². The predicted octanol–water partition coefficient (Wildman–Crippen LogP) is 1.70. The fraction of sp³-hybridized carbons (Fsp3) is 0.250. The summed E-state index contributed by atoms with van der Waals surface area (Å²) in [4.78, 5) is 24.1. The fourth-order valence-corrected chi connectivity index (χ4v) is 1.80. The highest BCUT2D eigenvalue weighted by molar-refractivity contribution is 14.1. The van der Waals surface area contributed by atoms with Gasteiger partial charge in [-0.15, -0.1) is 0 Å². The summed E-state index contributed by atoms with van der Waals surface area (Å²) < 4.78 is 29.5. The number of aromatic nitrogens is 1. The molecule has 0 saturated carbocycles. The number of aromatic amines is 1. The smallest absolute Gasteiger partial charge is 0.355 e. The van der Waals surface area contributed by atoms with Gasteiger partial charge in [-0.3, -0.25) is 4.79 Å². The number of nitrogens with one attached hydrogen (secondary N) is 1. The average Bonchev–Trinajstić information content (AvgIpc) is 2.14. The zero-order chi connectivity index (χ0) is 11.6. The Balaban J connectivity index is 3.46. The second-order valence-electron chi connectivity index (χ2n) is 2.56. The minimum absolute atomic E-state index is 0.0340. The van der Waals surface area contributed by atoms with E-state index in [9.17, 15) is 18.4 Å². The predicted molar refractivity (Wildman–Crippen MR) is 56.1 cm³/mol. The summed E-state index contributed by atoms with van der Waals surface area (Å²) in [6.45, 7) is 0. The van der Waals surface area contributed by atoms with Gasteiger partial charge in [0.15, 0.2) is 0 Å². The third-order valence-corrected chi connectivity index (χ3v) is 2.53. The first-order valence-corrected chi connectivity index (χ1v) is 4.84. The molecule has 0 aliphatic heterocycles. The van der Waals surface area contributed by atoms with Crippen molar-refractivity contribution in [2.45, 2.75) is 6.43 Å². The summed E-state index contributed by atoms with van der Waals surface area (Å²) in [6.07, 6.45) is -2.84. The molecule has 0 spiro atoms. The minimum Gasteiger partial charge on any atom is -0.464 e. The van der Waals surface area contributed by atoms with Crippen LogP contribution < -0.4 is 5.56 Å². The molecule has 1 rings (SSSR count). The van der Waals surface area contributed by atoms with E-state index in [1.165, 1.54) is 0 Å². The number of alkyl halides is 2. The van der Waals surface area contributed by atoms with Crippen molar-refractivity contribution in [2.24, 2.45) is 0 Å². The number of hydrogen-bond donors (Lipinski definition) is 1. The summed E-state index contributed by atoms with van der Waals surface area (Å²) in [5.74, 6) is -0.985. The van der Waals surface area contributed by atoms with Gasteiger partial charge < -0.3 is 9.72 Å². The van der Waals surface area contributed by atoms with Gasteiger partial charge in [0, 0.05) is 9.64 Å². The van der Waals surface area contributed by atoms with E-state index in [0.717, 1.165) is 13.2 Å². The molecule has 4 nitrogen and oxygen atoms in total. The van der Waals surface area contributed by atoms with Crippen LogP contribution in [0.3, 0.4) is 0 Å². The van der Waals surface area contributed by atoms with E-state index in [4.69, 9.17) is 0 Å². The second-order valence-corrected chi connectivity index (χ2v) is 3.72. The normalized spacial score (nSPS) is 10.5. The van der Waals surface area contributed by atoms with Crippen LogP contribution in [-0.4, -0.2) is 18.1 Å². The monoisotopic (exact) mass is 329 g/mol. The van der Waals surface area contributed by atoms with Crippen LogP contribution in [0.2, 0.25) is 0 Å². The van der Waals surface area contributed by atoms with Crippen LogP contribution in [0.5, 0.6) is 0 Å². The Kier molecular flexibility index (Phi) is 3.77. The van der Waals surface area contributed by atoms with Crippen molar-refractivity contribution in [1.82, 2.24) is 4.98 Å². The first-order chi connectivity index (χ1) is 6.97. The summed E-state index contributed by atoms with van der Waals surface area (Å²) >= 11 is 1.57. The largest absolute Gasteiger partial charge is 0.464 e. The summed E-state index contributed by atoms with van der Waals surface area (Å²) in [7, 11) is 1.05. The maximum Gasteiger partial charge on any atom is 0.355 e. The Morgan fingerprint density at radius 2 is 2.20 bits per heavy atom. The van der Waals surface area contributed by atoms with Crippen LogP contribution in [0.25, 0.3) is 0 Å². The molecule has 0 fully saturated rings. The van der Waals surface area contributed by atoms with E-state index in [0.29, 0.717) is 0 Å². The molecule has 1 aromatic heterocycles. The summed E-state index contributed by atoms with van der Waals surface area (Å²) in [6, 6.07) is 0.995. The van der Waals surface area contributed by atoms with Crippen molar-refractivity contribution in [2.75, 3.05) is 7.11 Å². The van der Waals surface area contributed by atoms with Gasteiger partial charge in [-0.1, -0.05) is 0 Å². The van der Waals surface area contributed by atoms with Gasteiger partial charge in [0.05, 0.1) is 12.7 Å². The Hall–Kier alpha value is -0.990. The van der Waals surface area contributed by atoms with E-state index in [2.05, 4.69) is 4.74 Å². The molecule has 0 radical (unpaired) electrons. The zero-order valence-electron chi connectivity index (χ0n) is 7.51. The fourth-order valence-electron chi connectivity index (χ4n) is 1.02. The molecule has 0 aliphatic rings. The number of carbonyl (C=O) groups excluding carboxylic acids is 1. The highest BCUT2D eigenvalue weighted by atomic mass is 127. The lowest BCUT2D eigenvalue weighted by Crippen LogP contribution is -2.18.